The first-order valence-corrected chi connectivity index (χ1v) is 10.5. The second-order valence-electron chi connectivity index (χ2n) is 8.56. The molecule has 26 heavy (non-hydrogen) atoms. The minimum Gasteiger partial charge on any atom is -0.205 e. The van der Waals surface area contributed by atoms with Crippen LogP contribution >= 0.6 is 0 Å². The second kappa shape index (κ2) is 8.98. The largest absolute Gasteiger partial charge is 0.205 e. The topological polar surface area (TPSA) is 23.8 Å². The highest BCUT2D eigenvalue weighted by atomic mass is 19.1. The molecule has 0 saturated heterocycles. The molecule has 3 heteroatoms. The third kappa shape index (κ3) is 4.64. The van der Waals surface area contributed by atoms with Crippen LogP contribution in [0.15, 0.2) is 12.1 Å². The van der Waals surface area contributed by atoms with Gasteiger partial charge in [0.15, 0.2) is 0 Å². The van der Waals surface area contributed by atoms with E-state index in [1.54, 1.807) is 6.07 Å². The molecule has 0 N–H and O–H groups in total. The van der Waals surface area contributed by atoms with Crippen LogP contribution in [0.2, 0.25) is 0 Å². The van der Waals surface area contributed by atoms with Crippen molar-refractivity contribution in [1.29, 1.82) is 5.26 Å². The Balaban J connectivity index is 1.45. The number of nitrogens with zero attached hydrogens (tertiary/aromatic N) is 1. The normalized spacial score (nSPS) is 29.3. The molecule has 0 aliphatic heterocycles. The van der Waals surface area contributed by atoms with Gasteiger partial charge in [-0.15, -0.1) is 0 Å². The van der Waals surface area contributed by atoms with Gasteiger partial charge in [0.25, 0.3) is 0 Å². The van der Waals surface area contributed by atoms with Crippen LogP contribution in [0.1, 0.15) is 94.6 Å². The number of hydrogen-bond donors (Lipinski definition) is 0. The molecule has 3 rings (SSSR count). The summed E-state index contributed by atoms with van der Waals surface area (Å²) in [6.45, 7) is 2.31. The van der Waals surface area contributed by atoms with Crippen molar-refractivity contribution in [3.8, 4) is 6.07 Å². The Hall–Kier alpha value is -1.43. The highest BCUT2D eigenvalue weighted by Crippen LogP contribution is 2.40. The average molecular weight is 360 g/mol. The van der Waals surface area contributed by atoms with Gasteiger partial charge in [-0.05, 0) is 67.1 Å². The van der Waals surface area contributed by atoms with Crippen molar-refractivity contribution in [1.82, 2.24) is 0 Å². The summed E-state index contributed by atoms with van der Waals surface area (Å²) in [5, 5.41) is 8.80. The van der Waals surface area contributed by atoms with Gasteiger partial charge in [-0.3, -0.25) is 0 Å². The molecule has 2 fully saturated rings. The molecule has 0 spiro atoms. The van der Waals surface area contributed by atoms with Crippen molar-refractivity contribution in [2.45, 2.75) is 83.5 Å². The van der Waals surface area contributed by atoms with Crippen molar-refractivity contribution in [3.63, 3.8) is 0 Å². The number of halogens is 2. The summed E-state index contributed by atoms with van der Waals surface area (Å²) in [5.74, 6) is 1.48. The molecule has 0 unspecified atom stereocenters. The second-order valence-corrected chi connectivity index (χ2v) is 8.56. The van der Waals surface area contributed by atoms with Crippen molar-refractivity contribution >= 4 is 0 Å². The minimum atomic E-state index is -0.715. The van der Waals surface area contributed by atoms with Crippen LogP contribution in [0, 0.1) is 40.7 Å². The maximum atomic E-state index is 13.9. The number of rotatable bonds is 5. The Morgan fingerprint density at radius 3 is 1.77 bits per heavy atom. The van der Waals surface area contributed by atoms with E-state index in [1.165, 1.54) is 57.1 Å². The monoisotopic (exact) mass is 359 g/mol. The maximum Gasteiger partial charge on any atom is 0.144 e. The lowest BCUT2D eigenvalue weighted by Gasteiger charge is -2.32. The molecule has 0 amide bonds. The van der Waals surface area contributed by atoms with Crippen LogP contribution in [0.4, 0.5) is 8.78 Å². The van der Waals surface area contributed by atoms with E-state index in [4.69, 9.17) is 5.26 Å². The van der Waals surface area contributed by atoms with Gasteiger partial charge in [0.2, 0.25) is 0 Å². The number of nitriles is 1. The lowest BCUT2D eigenvalue weighted by molar-refractivity contribution is 0.227. The van der Waals surface area contributed by atoms with Gasteiger partial charge in [-0.1, -0.05) is 51.9 Å². The zero-order valence-corrected chi connectivity index (χ0v) is 15.9. The minimum absolute atomic E-state index is 0.239. The molecular weight excluding hydrogens is 328 g/mol. The van der Waals surface area contributed by atoms with E-state index in [0.29, 0.717) is 0 Å². The average Bonchev–Trinajstić information content (AvgIpc) is 2.67. The first-order valence-electron chi connectivity index (χ1n) is 10.5. The van der Waals surface area contributed by atoms with Gasteiger partial charge in [-0.25, -0.2) is 8.78 Å². The lowest BCUT2D eigenvalue weighted by Crippen LogP contribution is -2.17. The highest BCUT2D eigenvalue weighted by Gasteiger charge is 2.26. The Bertz CT molecular complexity index is 609. The third-order valence-electron chi connectivity index (χ3n) is 7.02. The van der Waals surface area contributed by atoms with Crippen LogP contribution < -0.4 is 0 Å². The van der Waals surface area contributed by atoms with Crippen molar-refractivity contribution in [3.05, 3.63) is 34.9 Å². The van der Waals surface area contributed by atoms with Crippen molar-refractivity contribution < 1.29 is 8.78 Å². The first kappa shape index (κ1) is 19.3. The molecule has 1 aromatic rings. The summed E-state index contributed by atoms with van der Waals surface area (Å²) in [4.78, 5) is 0. The zero-order valence-electron chi connectivity index (χ0n) is 15.9. The smallest absolute Gasteiger partial charge is 0.144 e. The Labute approximate surface area is 156 Å². The van der Waals surface area contributed by atoms with Crippen LogP contribution in [-0.2, 0) is 0 Å². The van der Waals surface area contributed by atoms with E-state index in [9.17, 15) is 8.78 Å². The highest BCUT2D eigenvalue weighted by molar-refractivity contribution is 5.36. The molecule has 1 nitrogen and oxygen atoms in total. The van der Waals surface area contributed by atoms with Gasteiger partial charge in [0.1, 0.15) is 23.3 Å². The fourth-order valence-electron chi connectivity index (χ4n) is 5.12. The molecule has 2 saturated carbocycles. The SMILES string of the molecule is CC[C@H]1CC[C@H](CC[C@H]2CC[C@H](c3cc(F)c(C#N)c(F)c3)CC2)CC1. The Kier molecular flexibility index (Phi) is 6.68. The van der Waals surface area contributed by atoms with Gasteiger partial charge in [-0.2, -0.15) is 5.26 Å². The zero-order chi connectivity index (χ0) is 18.5. The van der Waals surface area contributed by atoms with Gasteiger partial charge < -0.3 is 0 Å². The van der Waals surface area contributed by atoms with Crippen molar-refractivity contribution in [2.75, 3.05) is 0 Å². The van der Waals surface area contributed by atoms with Crippen LogP contribution in [0.25, 0.3) is 0 Å². The summed E-state index contributed by atoms with van der Waals surface area (Å²) in [7, 11) is 0. The lowest BCUT2D eigenvalue weighted by atomic mass is 9.74. The Morgan fingerprint density at radius 1 is 0.846 bits per heavy atom. The molecule has 0 atom stereocenters. The molecule has 1 aromatic carbocycles. The predicted octanol–water partition coefficient (Wildman–Crippen LogP) is 7.11. The number of hydrogen-bond acceptors (Lipinski definition) is 1. The molecular formula is C23H31F2N. The fourth-order valence-corrected chi connectivity index (χ4v) is 5.12. The molecule has 0 heterocycles. The van der Waals surface area contributed by atoms with E-state index < -0.39 is 17.2 Å². The molecule has 2 aliphatic rings. The molecule has 0 radical (unpaired) electrons. The van der Waals surface area contributed by atoms with Crippen molar-refractivity contribution in [2.24, 2.45) is 17.8 Å². The predicted molar refractivity (Wildman–Crippen MR) is 101 cm³/mol. The Morgan fingerprint density at radius 2 is 1.31 bits per heavy atom. The van der Waals surface area contributed by atoms with Crippen LogP contribution in [0.3, 0.4) is 0 Å². The first-order chi connectivity index (χ1) is 12.6. The fraction of sp³-hybridized carbons (Fsp3) is 0.696. The number of benzene rings is 1. The summed E-state index contributed by atoms with van der Waals surface area (Å²) in [6.07, 6.45) is 14.1. The molecule has 0 aromatic heterocycles. The summed E-state index contributed by atoms with van der Waals surface area (Å²) < 4.78 is 27.7. The van der Waals surface area contributed by atoms with E-state index in [-0.39, 0.29) is 5.92 Å². The maximum absolute atomic E-state index is 13.9. The summed E-state index contributed by atoms with van der Waals surface area (Å²) >= 11 is 0. The molecule has 0 bridgehead atoms. The van der Waals surface area contributed by atoms with Crippen LogP contribution in [-0.4, -0.2) is 0 Å². The van der Waals surface area contributed by atoms with E-state index >= 15 is 0 Å². The van der Waals surface area contributed by atoms with E-state index in [1.807, 2.05) is 0 Å². The summed E-state index contributed by atoms with van der Waals surface area (Å²) in [6, 6.07) is 4.35. The quantitative estimate of drug-likeness (QED) is 0.549. The summed E-state index contributed by atoms with van der Waals surface area (Å²) in [5.41, 5.74) is 0.274. The van der Waals surface area contributed by atoms with Gasteiger partial charge in [0, 0.05) is 0 Å². The van der Waals surface area contributed by atoms with E-state index in [2.05, 4.69) is 6.92 Å². The molecule has 2 aliphatic carbocycles. The van der Waals surface area contributed by atoms with Gasteiger partial charge in [0.05, 0.1) is 0 Å². The molecule has 142 valence electrons. The van der Waals surface area contributed by atoms with Crippen LogP contribution in [0.5, 0.6) is 0 Å². The van der Waals surface area contributed by atoms with Gasteiger partial charge >= 0.3 is 0 Å². The standard InChI is InChI=1S/C23H31F2N/c1-2-16-3-5-17(6-4-16)7-8-18-9-11-19(12-10-18)20-13-22(24)21(15-26)23(25)14-20/h13-14,16-19H,2-12H2,1H3/t16-,17-,18-,19-. The third-order valence-corrected chi connectivity index (χ3v) is 7.02. The van der Waals surface area contributed by atoms with E-state index in [0.717, 1.165) is 49.0 Å².